The molecule has 2 N–H and O–H groups in total. The molecule has 1 aromatic heterocycles. The molecule has 3 heterocycles. The summed E-state index contributed by atoms with van der Waals surface area (Å²) in [5, 5.41) is 11.9. The molecule has 1 aliphatic carbocycles. The second-order valence-electron chi connectivity index (χ2n) is 7.73. The van der Waals surface area contributed by atoms with Crippen LogP contribution in [0.25, 0.3) is 0 Å². The van der Waals surface area contributed by atoms with Crippen molar-refractivity contribution in [3.8, 4) is 0 Å². The number of aromatic amines is 1. The summed E-state index contributed by atoms with van der Waals surface area (Å²) in [5.74, 6) is -0.411. The van der Waals surface area contributed by atoms with Crippen LogP contribution in [0.3, 0.4) is 0 Å². The Bertz CT molecular complexity index is 748. The summed E-state index contributed by atoms with van der Waals surface area (Å²) < 4.78 is 4.98. The molecule has 3 aliphatic rings. The van der Waals surface area contributed by atoms with Crippen molar-refractivity contribution in [2.75, 3.05) is 13.1 Å². The lowest BCUT2D eigenvalue weighted by Crippen LogP contribution is -2.63. The van der Waals surface area contributed by atoms with E-state index in [0.29, 0.717) is 25.9 Å². The van der Waals surface area contributed by atoms with Gasteiger partial charge < -0.3 is 19.4 Å². The van der Waals surface area contributed by atoms with Crippen molar-refractivity contribution in [3.63, 3.8) is 0 Å². The van der Waals surface area contributed by atoms with Crippen LogP contribution in [-0.2, 0) is 4.79 Å². The Morgan fingerprint density at radius 2 is 1.85 bits per heavy atom. The van der Waals surface area contributed by atoms with Gasteiger partial charge in [-0.1, -0.05) is 0 Å². The van der Waals surface area contributed by atoms with Gasteiger partial charge >= 0.3 is 0 Å². The van der Waals surface area contributed by atoms with E-state index in [1.165, 1.54) is 0 Å². The maximum Gasteiger partial charge on any atom is 0.293 e. The molecule has 1 unspecified atom stereocenters. The van der Waals surface area contributed by atoms with Crippen molar-refractivity contribution in [2.45, 2.75) is 69.1 Å². The molecular weight excluding hydrogens is 338 g/mol. The number of aromatic nitrogens is 1. The number of likely N-dealkylation sites (tertiary alicyclic amines) is 2. The van der Waals surface area contributed by atoms with Gasteiger partial charge in [0.1, 0.15) is 5.54 Å². The SMILES string of the molecule is O=C(c1cc(=O)[nH]o1)N1CCCC12CCCN(C1CCC(O)CC1)C2=O. The van der Waals surface area contributed by atoms with Crippen LogP contribution in [-0.4, -0.2) is 62.7 Å². The predicted octanol–water partition coefficient (Wildman–Crippen LogP) is 0.869. The van der Waals surface area contributed by atoms with Crippen LogP contribution < -0.4 is 5.56 Å². The summed E-state index contributed by atoms with van der Waals surface area (Å²) in [4.78, 5) is 41.2. The standard InChI is InChI=1S/C18H25N3O5/c22-13-5-3-12(4-6-13)20-9-1-7-18(17(20)25)8-2-10-21(18)16(24)14-11-15(23)19-26-14/h11-13,22H,1-10H2,(H,19,23). The highest BCUT2D eigenvalue weighted by Crippen LogP contribution is 2.41. The molecule has 1 aromatic rings. The van der Waals surface area contributed by atoms with E-state index in [9.17, 15) is 19.5 Å². The third kappa shape index (κ3) is 2.76. The molecule has 2 saturated heterocycles. The lowest BCUT2D eigenvalue weighted by atomic mass is 9.82. The zero-order valence-corrected chi connectivity index (χ0v) is 14.8. The number of piperidine rings is 1. The average molecular weight is 363 g/mol. The molecule has 0 aromatic carbocycles. The van der Waals surface area contributed by atoms with Crippen molar-refractivity contribution < 1.29 is 19.2 Å². The summed E-state index contributed by atoms with van der Waals surface area (Å²) in [7, 11) is 0. The summed E-state index contributed by atoms with van der Waals surface area (Å²) in [6.45, 7) is 1.21. The Labute approximate surface area is 151 Å². The lowest BCUT2D eigenvalue weighted by Gasteiger charge is -2.47. The van der Waals surface area contributed by atoms with Crippen molar-refractivity contribution in [1.29, 1.82) is 0 Å². The highest BCUT2D eigenvalue weighted by Gasteiger charge is 2.54. The minimum atomic E-state index is -0.818. The number of nitrogens with one attached hydrogen (secondary N) is 1. The van der Waals surface area contributed by atoms with E-state index in [1.807, 2.05) is 4.90 Å². The van der Waals surface area contributed by atoms with Crippen LogP contribution in [0.2, 0.25) is 0 Å². The number of aliphatic hydroxyl groups excluding tert-OH is 1. The number of nitrogens with zero attached hydrogens (tertiary/aromatic N) is 2. The number of rotatable bonds is 2. The van der Waals surface area contributed by atoms with E-state index in [0.717, 1.165) is 44.6 Å². The summed E-state index contributed by atoms with van der Waals surface area (Å²) in [6, 6.07) is 1.29. The normalized spacial score (nSPS) is 32.4. The second-order valence-corrected chi connectivity index (χ2v) is 7.73. The molecule has 2 aliphatic heterocycles. The van der Waals surface area contributed by atoms with Gasteiger partial charge in [-0.3, -0.25) is 14.4 Å². The lowest BCUT2D eigenvalue weighted by molar-refractivity contribution is -0.150. The fourth-order valence-electron chi connectivity index (χ4n) is 4.91. The molecule has 8 nitrogen and oxygen atoms in total. The first-order chi connectivity index (χ1) is 12.5. The quantitative estimate of drug-likeness (QED) is 0.811. The Hall–Kier alpha value is -2.09. The van der Waals surface area contributed by atoms with E-state index in [2.05, 4.69) is 5.16 Å². The van der Waals surface area contributed by atoms with Crippen LogP contribution in [0.15, 0.2) is 15.4 Å². The fraction of sp³-hybridized carbons (Fsp3) is 0.722. The van der Waals surface area contributed by atoms with Crippen LogP contribution in [0.1, 0.15) is 61.9 Å². The smallest absolute Gasteiger partial charge is 0.293 e. The van der Waals surface area contributed by atoms with Crippen molar-refractivity contribution in [3.05, 3.63) is 22.2 Å². The second kappa shape index (κ2) is 6.57. The Morgan fingerprint density at radius 3 is 2.50 bits per heavy atom. The minimum absolute atomic E-state index is 0.0221. The Balaban J connectivity index is 1.58. The molecule has 0 bridgehead atoms. The summed E-state index contributed by atoms with van der Waals surface area (Å²) in [5.41, 5.74) is -1.28. The monoisotopic (exact) mass is 363 g/mol. The maximum absolute atomic E-state index is 13.5. The number of carbonyl (C=O) groups is 2. The van der Waals surface area contributed by atoms with E-state index in [1.54, 1.807) is 4.90 Å². The van der Waals surface area contributed by atoms with Crippen LogP contribution >= 0.6 is 0 Å². The van der Waals surface area contributed by atoms with E-state index >= 15 is 0 Å². The fourth-order valence-corrected chi connectivity index (χ4v) is 4.91. The Kier molecular flexibility index (Phi) is 4.38. The van der Waals surface area contributed by atoms with E-state index in [4.69, 9.17) is 4.52 Å². The van der Waals surface area contributed by atoms with E-state index in [-0.39, 0.29) is 23.8 Å². The molecule has 0 radical (unpaired) electrons. The minimum Gasteiger partial charge on any atom is -0.393 e. The topological polar surface area (TPSA) is 107 Å². The van der Waals surface area contributed by atoms with Gasteiger partial charge in [-0.25, -0.2) is 0 Å². The number of amides is 2. The Morgan fingerprint density at radius 1 is 1.15 bits per heavy atom. The van der Waals surface area contributed by atoms with Crippen LogP contribution in [0.5, 0.6) is 0 Å². The van der Waals surface area contributed by atoms with Gasteiger partial charge in [-0.2, -0.15) is 5.16 Å². The third-order valence-electron chi connectivity index (χ3n) is 6.22. The molecule has 2 amide bonds. The third-order valence-corrected chi connectivity index (χ3v) is 6.22. The van der Waals surface area contributed by atoms with Crippen LogP contribution in [0, 0.1) is 0 Å². The zero-order valence-electron chi connectivity index (χ0n) is 14.8. The number of carbonyl (C=O) groups excluding carboxylic acids is 2. The van der Waals surface area contributed by atoms with Gasteiger partial charge in [0.2, 0.25) is 11.7 Å². The largest absolute Gasteiger partial charge is 0.393 e. The molecule has 3 fully saturated rings. The van der Waals surface area contributed by atoms with Gasteiger partial charge in [0.05, 0.1) is 12.2 Å². The highest BCUT2D eigenvalue weighted by atomic mass is 16.5. The molecule has 1 atom stereocenters. The first-order valence-corrected chi connectivity index (χ1v) is 9.51. The van der Waals surface area contributed by atoms with Gasteiger partial charge in [0.15, 0.2) is 0 Å². The molecule has 8 heteroatoms. The average Bonchev–Trinajstić information content (AvgIpc) is 3.25. The van der Waals surface area contributed by atoms with Crippen molar-refractivity contribution in [2.24, 2.45) is 0 Å². The van der Waals surface area contributed by atoms with Gasteiger partial charge in [-0.05, 0) is 51.4 Å². The molecule has 4 rings (SSSR count). The van der Waals surface area contributed by atoms with Crippen LogP contribution in [0.4, 0.5) is 0 Å². The van der Waals surface area contributed by atoms with Gasteiger partial charge in [0.25, 0.3) is 11.5 Å². The predicted molar refractivity (Wildman–Crippen MR) is 91.5 cm³/mol. The summed E-state index contributed by atoms with van der Waals surface area (Å²) >= 11 is 0. The zero-order chi connectivity index (χ0) is 18.3. The van der Waals surface area contributed by atoms with Crippen molar-refractivity contribution in [1.82, 2.24) is 15.0 Å². The number of H-pyrrole nitrogens is 1. The highest BCUT2D eigenvalue weighted by molar-refractivity contribution is 5.98. The number of hydrogen-bond donors (Lipinski definition) is 2. The van der Waals surface area contributed by atoms with Gasteiger partial charge in [0, 0.05) is 19.1 Å². The number of hydrogen-bond acceptors (Lipinski definition) is 5. The first kappa shape index (κ1) is 17.3. The molecule has 1 spiro atoms. The number of aliphatic hydroxyl groups is 1. The maximum atomic E-state index is 13.5. The van der Waals surface area contributed by atoms with Crippen molar-refractivity contribution >= 4 is 11.8 Å². The molecule has 1 saturated carbocycles. The molecule has 142 valence electrons. The molecular formula is C18H25N3O5. The molecule has 26 heavy (non-hydrogen) atoms. The van der Waals surface area contributed by atoms with Gasteiger partial charge in [-0.15, -0.1) is 0 Å². The first-order valence-electron chi connectivity index (χ1n) is 9.51. The summed E-state index contributed by atoms with van der Waals surface area (Å²) in [6.07, 6.45) is 5.72. The van der Waals surface area contributed by atoms with E-state index < -0.39 is 17.0 Å².